The number of aliphatic carboxylic acids is 1. The highest BCUT2D eigenvalue weighted by molar-refractivity contribution is 5.71. The van der Waals surface area contributed by atoms with Crippen molar-refractivity contribution in [2.45, 2.75) is 12.3 Å². The van der Waals surface area contributed by atoms with Crippen LogP contribution in [0.4, 0.5) is 8.78 Å². The minimum Gasteiger partial charge on any atom is -0.481 e. The van der Waals surface area contributed by atoms with Gasteiger partial charge in [-0.3, -0.25) is 4.79 Å². The van der Waals surface area contributed by atoms with Crippen molar-refractivity contribution in [3.8, 4) is 0 Å². The van der Waals surface area contributed by atoms with Crippen LogP contribution in [0.25, 0.3) is 0 Å². The van der Waals surface area contributed by atoms with Crippen molar-refractivity contribution in [2.75, 3.05) is 13.2 Å². The maximum absolute atomic E-state index is 12.6. The van der Waals surface area contributed by atoms with Crippen molar-refractivity contribution in [2.24, 2.45) is 5.92 Å². The molecule has 0 aromatic heterocycles. The lowest BCUT2D eigenvalue weighted by Crippen LogP contribution is -2.43. The zero-order valence-corrected chi connectivity index (χ0v) is 5.72. The second kappa shape index (κ2) is 2.73. The Balaban J connectivity index is 2.67. The zero-order valence-electron chi connectivity index (χ0n) is 5.72. The van der Waals surface area contributed by atoms with Crippen molar-refractivity contribution in [1.29, 1.82) is 0 Å². The van der Waals surface area contributed by atoms with Crippen molar-refractivity contribution < 1.29 is 23.4 Å². The van der Waals surface area contributed by atoms with E-state index in [1.807, 2.05) is 0 Å². The fraction of sp³-hybridized carbons (Fsp3) is 0.833. The molecule has 1 saturated heterocycles. The number of ether oxygens (including phenoxy) is 1. The highest BCUT2D eigenvalue weighted by atomic mass is 19.3. The molecule has 0 radical (unpaired) electrons. The number of alkyl halides is 2. The van der Waals surface area contributed by atoms with Crippen LogP contribution in [0.15, 0.2) is 0 Å². The molecule has 0 spiro atoms. The number of carbonyl (C=O) groups is 1. The first-order valence-electron chi connectivity index (χ1n) is 3.22. The lowest BCUT2D eigenvalue weighted by atomic mass is 9.97. The molecule has 0 bridgehead atoms. The largest absolute Gasteiger partial charge is 0.481 e. The Morgan fingerprint density at radius 2 is 2.27 bits per heavy atom. The molecule has 11 heavy (non-hydrogen) atoms. The third-order valence-electron chi connectivity index (χ3n) is 1.65. The Labute approximate surface area is 62.0 Å². The van der Waals surface area contributed by atoms with Gasteiger partial charge in [-0.15, -0.1) is 0 Å². The van der Waals surface area contributed by atoms with Gasteiger partial charge in [-0.2, -0.15) is 0 Å². The van der Waals surface area contributed by atoms with Gasteiger partial charge in [0, 0.05) is 6.61 Å². The van der Waals surface area contributed by atoms with Crippen LogP contribution in [0, 0.1) is 5.92 Å². The van der Waals surface area contributed by atoms with Crippen LogP contribution in [0.5, 0.6) is 0 Å². The Morgan fingerprint density at radius 3 is 2.64 bits per heavy atom. The van der Waals surface area contributed by atoms with E-state index in [9.17, 15) is 13.6 Å². The van der Waals surface area contributed by atoms with Crippen molar-refractivity contribution in [3.05, 3.63) is 0 Å². The third-order valence-corrected chi connectivity index (χ3v) is 1.65. The van der Waals surface area contributed by atoms with Gasteiger partial charge < -0.3 is 9.84 Å². The average molecular weight is 166 g/mol. The number of carboxylic acids is 1. The molecule has 0 unspecified atom stereocenters. The molecule has 0 aromatic rings. The number of hydrogen-bond donors (Lipinski definition) is 1. The molecule has 0 aromatic carbocycles. The first kappa shape index (κ1) is 8.39. The summed E-state index contributed by atoms with van der Waals surface area (Å²) in [5.41, 5.74) is 0. The Morgan fingerprint density at radius 1 is 1.64 bits per heavy atom. The molecule has 0 amide bonds. The number of hydrogen-bond acceptors (Lipinski definition) is 2. The maximum atomic E-state index is 12.6. The first-order chi connectivity index (χ1) is 5.04. The normalized spacial score (nSPS) is 29.8. The smallest absolute Gasteiger partial charge is 0.312 e. The van der Waals surface area contributed by atoms with Crippen LogP contribution in [-0.2, 0) is 9.53 Å². The summed E-state index contributed by atoms with van der Waals surface area (Å²) in [6, 6.07) is 0. The number of halogens is 2. The molecule has 64 valence electrons. The third kappa shape index (κ3) is 1.65. The summed E-state index contributed by atoms with van der Waals surface area (Å²) in [6.45, 7) is -0.670. The molecule has 1 N–H and O–H groups in total. The second-order valence-electron chi connectivity index (χ2n) is 2.49. The molecular formula is C6H8F2O3. The van der Waals surface area contributed by atoms with E-state index < -0.39 is 24.4 Å². The number of rotatable bonds is 1. The van der Waals surface area contributed by atoms with Crippen molar-refractivity contribution in [1.82, 2.24) is 0 Å². The summed E-state index contributed by atoms with van der Waals surface area (Å²) in [5.74, 6) is -6.22. The Kier molecular flexibility index (Phi) is 2.08. The van der Waals surface area contributed by atoms with Crippen LogP contribution in [0.2, 0.25) is 0 Å². The van der Waals surface area contributed by atoms with Crippen LogP contribution >= 0.6 is 0 Å². The van der Waals surface area contributed by atoms with Gasteiger partial charge in [-0.1, -0.05) is 0 Å². The van der Waals surface area contributed by atoms with Gasteiger partial charge in [0.25, 0.3) is 5.92 Å². The molecule has 1 aliphatic rings. The van der Waals surface area contributed by atoms with E-state index in [0.29, 0.717) is 0 Å². The van der Waals surface area contributed by atoms with E-state index in [0.717, 1.165) is 0 Å². The summed E-state index contributed by atoms with van der Waals surface area (Å²) in [5, 5.41) is 8.34. The maximum Gasteiger partial charge on any atom is 0.312 e. The molecule has 1 heterocycles. The quantitative estimate of drug-likeness (QED) is 0.625. The first-order valence-corrected chi connectivity index (χ1v) is 3.22. The van der Waals surface area contributed by atoms with E-state index in [2.05, 4.69) is 4.74 Å². The van der Waals surface area contributed by atoms with E-state index in [-0.39, 0.29) is 13.0 Å². The highest BCUT2D eigenvalue weighted by Crippen LogP contribution is 2.31. The molecule has 1 fully saturated rings. The van der Waals surface area contributed by atoms with E-state index in [4.69, 9.17) is 5.11 Å². The molecule has 1 aliphatic heterocycles. The predicted molar refractivity (Wildman–Crippen MR) is 31.5 cm³/mol. The fourth-order valence-corrected chi connectivity index (χ4v) is 1.03. The summed E-state index contributed by atoms with van der Waals surface area (Å²) in [4.78, 5) is 10.2. The Bertz CT molecular complexity index is 169. The minimum atomic E-state index is -3.20. The molecule has 0 aliphatic carbocycles. The summed E-state index contributed by atoms with van der Waals surface area (Å²) in [7, 11) is 0. The minimum absolute atomic E-state index is 0.104. The molecule has 3 nitrogen and oxygen atoms in total. The van der Waals surface area contributed by atoms with Gasteiger partial charge in [-0.25, -0.2) is 8.78 Å². The van der Waals surface area contributed by atoms with Crippen LogP contribution in [0.3, 0.4) is 0 Å². The number of carboxylic acid groups (broad SMARTS) is 1. The van der Waals surface area contributed by atoms with Crippen LogP contribution in [0.1, 0.15) is 6.42 Å². The molecule has 0 saturated carbocycles. The fourth-order valence-electron chi connectivity index (χ4n) is 1.03. The molecule has 5 heteroatoms. The Hall–Kier alpha value is -0.710. The topological polar surface area (TPSA) is 46.5 Å². The molecule has 1 rings (SSSR count). The van der Waals surface area contributed by atoms with E-state index >= 15 is 0 Å². The van der Waals surface area contributed by atoms with Crippen molar-refractivity contribution >= 4 is 5.97 Å². The van der Waals surface area contributed by atoms with Gasteiger partial charge in [-0.05, 0) is 6.42 Å². The average Bonchev–Trinajstić information content (AvgIpc) is 1.85. The monoisotopic (exact) mass is 166 g/mol. The van der Waals surface area contributed by atoms with E-state index in [1.165, 1.54) is 0 Å². The molecule has 1 atom stereocenters. The summed E-state index contributed by atoms with van der Waals surface area (Å²) >= 11 is 0. The van der Waals surface area contributed by atoms with Gasteiger partial charge in [0.1, 0.15) is 12.5 Å². The van der Waals surface area contributed by atoms with Gasteiger partial charge in [0.15, 0.2) is 0 Å². The summed E-state index contributed by atoms with van der Waals surface area (Å²) < 4.78 is 29.7. The lowest BCUT2D eigenvalue weighted by Gasteiger charge is -2.27. The van der Waals surface area contributed by atoms with Gasteiger partial charge in [0.2, 0.25) is 0 Å². The SMILES string of the molecule is O=C(O)[C@H]1CCOCC1(F)F. The highest BCUT2D eigenvalue weighted by Gasteiger charge is 2.46. The van der Waals surface area contributed by atoms with E-state index in [1.54, 1.807) is 0 Å². The predicted octanol–water partition coefficient (Wildman–Crippen LogP) is 0.743. The van der Waals surface area contributed by atoms with Crippen LogP contribution < -0.4 is 0 Å². The molecular weight excluding hydrogens is 158 g/mol. The van der Waals surface area contributed by atoms with Crippen molar-refractivity contribution in [3.63, 3.8) is 0 Å². The summed E-state index contributed by atoms with van der Waals surface area (Å²) in [6.07, 6.45) is -0.109. The zero-order chi connectivity index (χ0) is 8.48. The van der Waals surface area contributed by atoms with Gasteiger partial charge >= 0.3 is 5.97 Å². The lowest BCUT2D eigenvalue weighted by molar-refractivity contribution is -0.182. The van der Waals surface area contributed by atoms with Crippen LogP contribution in [-0.4, -0.2) is 30.2 Å². The standard InChI is InChI=1S/C6H8F2O3/c7-6(8)3-11-2-1-4(6)5(9)10/h4H,1-3H2,(H,9,10)/t4-/m1/s1. The van der Waals surface area contributed by atoms with Gasteiger partial charge in [0.05, 0.1) is 0 Å². The second-order valence-corrected chi connectivity index (χ2v) is 2.49.